The number of ether oxygens (including phenoxy) is 1. The van der Waals surface area contributed by atoms with Crippen LogP contribution in [0.15, 0.2) is 41.3 Å². The fraction of sp³-hybridized carbons (Fsp3) is 0.435. The Balaban J connectivity index is 1.54. The summed E-state index contributed by atoms with van der Waals surface area (Å²) in [7, 11) is -3.66. The zero-order valence-corrected chi connectivity index (χ0v) is 18.3. The molecular weight excluding hydrogens is 400 g/mol. The van der Waals surface area contributed by atoms with E-state index >= 15 is 0 Å². The van der Waals surface area contributed by atoms with E-state index in [1.54, 1.807) is 19.1 Å². The molecule has 2 aromatic rings. The van der Waals surface area contributed by atoms with Crippen LogP contribution in [0.1, 0.15) is 52.0 Å². The van der Waals surface area contributed by atoms with Crippen molar-refractivity contribution in [2.24, 2.45) is 0 Å². The molecule has 1 heterocycles. The summed E-state index contributed by atoms with van der Waals surface area (Å²) in [5.74, 6) is -0.276. The summed E-state index contributed by atoms with van der Waals surface area (Å²) in [5.41, 5.74) is 4.80. The molecule has 0 saturated carbocycles. The van der Waals surface area contributed by atoms with Crippen LogP contribution >= 0.6 is 0 Å². The number of hydrogen-bond donors (Lipinski definition) is 1. The van der Waals surface area contributed by atoms with E-state index in [4.69, 9.17) is 4.74 Å². The van der Waals surface area contributed by atoms with Crippen LogP contribution in [0.5, 0.6) is 0 Å². The second kappa shape index (κ2) is 8.49. The summed E-state index contributed by atoms with van der Waals surface area (Å²) in [6.45, 7) is 5.13. The van der Waals surface area contributed by atoms with Crippen LogP contribution in [0.4, 0.5) is 0 Å². The standard InChI is InChI=1S/C23H28N2O4S/c1-16-6-7-21(15-22(16)30(27,28)25-10-12-29-13-11-25)23(26)24-17(2)19-9-8-18-4-3-5-20(18)14-19/h6-9,14-15,17H,3-5,10-13H2,1-2H3,(H,24,26)/t17-/m0/s1. The monoisotopic (exact) mass is 428 g/mol. The summed E-state index contributed by atoms with van der Waals surface area (Å²) in [4.78, 5) is 13.1. The van der Waals surface area contributed by atoms with Crippen molar-refractivity contribution in [3.8, 4) is 0 Å². The minimum Gasteiger partial charge on any atom is -0.379 e. The molecule has 7 heteroatoms. The lowest BCUT2D eigenvalue weighted by Gasteiger charge is -2.27. The van der Waals surface area contributed by atoms with Gasteiger partial charge < -0.3 is 10.1 Å². The van der Waals surface area contributed by atoms with Gasteiger partial charge in [0.15, 0.2) is 0 Å². The van der Waals surface area contributed by atoms with Gasteiger partial charge in [-0.15, -0.1) is 0 Å². The van der Waals surface area contributed by atoms with E-state index in [0.717, 1.165) is 18.4 Å². The van der Waals surface area contributed by atoms with E-state index in [1.165, 1.54) is 27.9 Å². The second-order valence-electron chi connectivity index (χ2n) is 8.07. The van der Waals surface area contributed by atoms with Gasteiger partial charge >= 0.3 is 0 Å². The molecule has 1 fully saturated rings. The highest BCUT2D eigenvalue weighted by atomic mass is 32.2. The first-order valence-corrected chi connectivity index (χ1v) is 11.9. The number of rotatable bonds is 5. The van der Waals surface area contributed by atoms with E-state index in [0.29, 0.717) is 37.4 Å². The van der Waals surface area contributed by atoms with Crippen LogP contribution in [-0.2, 0) is 27.6 Å². The van der Waals surface area contributed by atoms with Crippen molar-refractivity contribution in [2.75, 3.05) is 26.3 Å². The molecule has 0 aromatic heterocycles. The van der Waals surface area contributed by atoms with Crippen molar-refractivity contribution < 1.29 is 17.9 Å². The molecule has 30 heavy (non-hydrogen) atoms. The molecule has 2 aliphatic rings. The van der Waals surface area contributed by atoms with Crippen LogP contribution in [0, 0.1) is 6.92 Å². The number of morpholine rings is 1. The molecule has 1 amide bonds. The van der Waals surface area contributed by atoms with Gasteiger partial charge in [-0.25, -0.2) is 8.42 Å². The van der Waals surface area contributed by atoms with Crippen molar-refractivity contribution >= 4 is 15.9 Å². The highest BCUT2D eigenvalue weighted by molar-refractivity contribution is 7.89. The van der Waals surface area contributed by atoms with Crippen LogP contribution in [0.3, 0.4) is 0 Å². The topological polar surface area (TPSA) is 75.7 Å². The number of sulfonamides is 1. The molecule has 1 aliphatic heterocycles. The van der Waals surface area contributed by atoms with E-state index in [1.807, 2.05) is 6.92 Å². The predicted octanol–water partition coefficient (Wildman–Crippen LogP) is 3.00. The van der Waals surface area contributed by atoms with Gasteiger partial charge in [-0.3, -0.25) is 4.79 Å². The first-order valence-electron chi connectivity index (χ1n) is 10.5. The first-order chi connectivity index (χ1) is 14.4. The smallest absolute Gasteiger partial charge is 0.251 e. The molecule has 6 nitrogen and oxygen atoms in total. The zero-order valence-electron chi connectivity index (χ0n) is 17.5. The number of nitrogens with one attached hydrogen (secondary N) is 1. The Kier molecular flexibility index (Phi) is 5.95. The Morgan fingerprint density at radius 2 is 1.80 bits per heavy atom. The van der Waals surface area contributed by atoms with Crippen molar-refractivity contribution in [1.82, 2.24) is 9.62 Å². The van der Waals surface area contributed by atoms with E-state index in [-0.39, 0.29) is 16.8 Å². The third kappa shape index (κ3) is 4.15. The number of nitrogens with zero attached hydrogens (tertiary/aromatic N) is 1. The molecule has 1 atom stereocenters. The van der Waals surface area contributed by atoms with Gasteiger partial charge in [-0.05, 0) is 67.5 Å². The summed E-state index contributed by atoms with van der Waals surface area (Å²) < 4.78 is 32.8. The average Bonchev–Trinajstić information content (AvgIpc) is 3.22. The Labute approximate surface area is 178 Å². The lowest BCUT2D eigenvalue weighted by molar-refractivity contribution is 0.0730. The molecule has 0 unspecified atom stereocenters. The van der Waals surface area contributed by atoms with Crippen LogP contribution in [0.25, 0.3) is 0 Å². The molecule has 0 bridgehead atoms. The molecule has 4 rings (SSSR count). The summed E-state index contributed by atoms with van der Waals surface area (Å²) in [6.07, 6.45) is 3.40. The van der Waals surface area contributed by atoms with E-state index < -0.39 is 10.0 Å². The number of fused-ring (bicyclic) bond motifs is 1. The van der Waals surface area contributed by atoms with Crippen molar-refractivity contribution in [2.45, 2.75) is 44.0 Å². The lowest BCUT2D eigenvalue weighted by Crippen LogP contribution is -2.41. The largest absolute Gasteiger partial charge is 0.379 e. The molecule has 1 N–H and O–H groups in total. The number of benzene rings is 2. The normalized spacial score (nSPS) is 18.1. The summed E-state index contributed by atoms with van der Waals surface area (Å²) >= 11 is 0. The number of hydrogen-bond acceptors (Lipinski definition) is 4. The maximum absolute atomic E-state index is 13.1. The predicted molar refractivity (Wildman–Crippen MR) is 115 cm³/mol. The second-order valence-corrected chi connectivity index (χ2v) is 9.98. The third-order valence-corrected chi connectivity index (χ3v) is 8.05. The highest BCUT2D eigenvalue weighted by Gasteiger charge is 2.28. The third-order valence-electron chi connectivity index (χ3n) is 6.01. The molecule has 1 saturated heterocycles. The Morgan fingerprint density at radius 1 is 1.07 bits per heavy atom. The van der Waals surface area contributed by atoms with Gasteiger partial charge in [-0.2, -0.15) is 4.31 Å². The lowest BCUT2D eigenvalue weighted by atomic mass is 10.0. The highest BCUT2D eigenvalue weighted by Crippen LogP contribution is 2.26. The van der Waals surface area contributed by atoms with Gasteiger partial charge in [0.05, 0.1) is 24.2 Å². The first kappa shape index (κ1) is 21.0. The number of aryl methyl sites for hydroxylation is 3. The van der Waals surface area contributed by atoms with Gasteiger partial charge in [0.1, 0.15) is 0 Å². The molecule has 1 aliphatic carbocycles. The zero-order chi connectivity index (χ0) is 21.3. The quantitative estimate of drug-likeness (QED) is 0.794. The Hall–Kier alpha value is -2.22. The van der Waals surface area contributed by atoms with Crippen molar-refractivity contribution in [3.63, 3.8) is 0 Å². The fourth-order valence-corrected chi connectivity index (χ4v) is 5.83. The molecule has 160 valence electrons. The summed E-state index contributed by atoms with van der Waals surface area (Å²) in [6, 6.07) is 11.1. The van der Waals surface area contributed by atoms with Crippen molar-refractivity contribution in [1.29, 1.82) is 0 Å². The van der Waals surface area contributed by atoms with Gasteiger partial charge in [0.2, 0.25) is 10.0 Å². The van der Waals surface area contributed by atoms with E-state index in [9.17, 15) is 13.2 Å². The maximum Gasteiger partial charge on any atom is 0.251 e. The number of carbonyl (C=O) groups excluding carboxylic acids is 1. The number of amides is 1. The van der Waals surface area contributed by atoms with Gasteiger partial charge in [0.25, 0.3) is 5.91 Å². The summed E-state index contributed by atoms with van der Waals surface area (Å²) in [5, 5.41) is 3.01. The number of carbonyl (C=O) groups is 1. The molecular formula is C23H28N2O4S. The molecule has 2 aromatic carbocycles. The van der Waals surface area contributed by atoms with Gasteiger partial charge in [-0.1, -0.05) is 24.3 Å². The Bertz CT molecular complexity index is 1060. The SMILES string of the molecule is Cc1ccc(C(=O)N[C@@H](C)c2ccc3c(c2)CCC3)cc1S(=O)(=O)N1CCOCC1. The minimum atomic E-state index is -3.66. The van der Waals surface area contributed by atoms with Gasteiger partial charge in [0, 0.05) is 18.7 Å². The maximum atomic E-state index is 13.1. The minimum absolute atomic E-state index is 0.163. The Morgan fingerprint density at radius 3 is 2.57 bits per heavy atom. The van der Waals surface area contributed by atoms with Crippen LogP contribution < -0.4 is 5.32 Å². The van der Waals surface area contributed by atoms with Crippen LogP contribution in [0.2, 0.25) is 0 Å². The fourth-order valence-electron chi connectivity index (χ4n) is 4.17. The average molecular weight is 429 g/mol. The van der Waals surface area contributed by atoms with Crippen LogP contribution in [-0.4, -0.2) is 44.9 Å². The molecule has 0 radical (unpaired) electrons. The van der Waals surface area contributed by atoms with Crippen molar-refractivity contribution in [3.05, 3.63) is 64.2 Å². The van der Waals surface area contributed by atoms with E-state index in [2.05, 4.69) is 23.5 Å². The molecule has 0 spiro atoms.